The molecule has 0 aromatic carbocycles. The number of hydrogen-bond donors (Lipinski definition) is 1. The van der Waals surface area contributed by atoms with Gasteiger partial charge in [-0.1, -0.05) is 6.92 Å². The fourth-order valence-corrected chi connectivity index (χ4v) is 2.19. The zero-order valence-electron chi connectivity index (χ0n) is 10.9. The summed E-state index contributed by atoms with van der Waals surface area (Å²) in [5.41, 5.74) is -2.27. The predicted octanol–water partition coefficient (Wildman–Crippen LogP) is 1.42. The van der Waals surface area contributed by atoms with Crippen molar-refractivity contribution in [3.05, 3.63) is 0 Å². The number of nitrogens with zero attached hydrogens (tertiary/aromatic N) is 1. The number of alkyl halides is 2. The first-order valence-electron chi connectivity index (χ1n) is 6.37. The second kappa shape index (κ2) is 5.93. The van der Waals surface area contributed by atoms with Crippen molar-refractivity contribution in [2.24, 2.45) is 0 Å². The molecule has 0 radical (unpaired) electrons. The molecule has 4 nitrogen and oxygen atoms in total. The average molecular weight is 265 g/mol. The van der Waals surface area contributed by atoms with E-state index in [-0.39, 0.29) is 19.4 Å². The van der Waals surface area contributed by atoms with E-state index in [1.807, 2.05) is 11.8 Å². The summed E-state index contributed by atoms with van der Waals surface area (Å²) in [5, 5.41) is 10.0. The lowest BCUT2D eigenvalue weighted by Gasteiger charge is -2.41. The summed E-state index contributed by atoms with van der Waals surface area (Å²) in [6, 6.07) is 0. The number of likely N-dealkylation sites (tertiary alicyclic amines) is 1. The Labute approximate surface area is 106 Å². The molecule has 6 heteroatoms. The van der Waals surface area contributed by atoms with Gasteiger partial charge in [-0.25, -0.2) is 4.79 Å². The van der Waals surface area contributed by atoms with Crippen LogP contribution >= 0.6 is 0 Å². The zero-order valence-corrected chi connectivity index (χ0v) is 10.9. The van der Waals surface area contributed by atoms with E-state index in [1.54, 1.807) is 0 Å². The molecule has 1 rings (SSSR count). The van der Waals surface area contributed by atoms with Crippen LogP contribution in [0.1, 0.15) is 33.1 Å². The molecule has 0 spiro atoms. The topological polar surface area (TPSA) is 49.8 Å². The van der Waals surface area contributed by atoms with Gasteiger partial charge in [0.05, 0.1) is 6.61 Å². The summed E-state index contributed by atoms with van der Waals surface area (Å²) in [4.78, 5) is 13.2. The van der Waals surface area contributed by atoms with Gasteiger partial charge in [0.25, 0.3) is 0 Å². The van der Waals surface area contributed by atoms with E-state index in [0.29, 0.717) is 13.1 Å². The van der Waals surface area contributed by atoms with Crippen LogP contribution in [0.15, 0.2) is 0 Å². The molecule has 18 heavy (non-hydrogen) atoms. The maximum atomic E-state index is 13.8. The van der Waals surface area contributed by atoms with Crippen LogP contribution in [0.5, 0.6) is 0 Å². The third-order valence-electron chi connectivity index (χ3n) is 3.34. The summed E-state index contributed by atoms with van der Waals surface area (Å²) in [6.45, 7) is 4.92. The highest BCUT2D eigenvalue weighted by atomic mass is 19.3. The molecular formula is C12H21F2NO3. The summed E-state index contributed by atoms with van der Waals surface area (Å²) in [6.07, 6.45) is 0.713. The van der Waals surface area contributed by atoms with E-state index in [2.05, 4.69) is 4.74 Å². The van der Waals surface area contributed by atoms with E-state index < -0.39 is 17.5 Å². The highest BCUT2D eigenvalue weighted by molar-refractivity contribution is 5.79. The van der Waals surface area contributed by atoms with Gasteiger partial charge in [-0.05, 0) is 32.7 Å². The van der Waals surface area contributed by atoms with Crippen molar-refractivity contribution in [1.82, 2.24) is 4.90 Å². The van der Waals surface area contributed by atoms with Crippen LogP contribution in [0.25, 0.3) is 0 Å². The third kappa shape index (κ3) is 2.98. The number of esters is 1. The van der Waals surface area contributed by atoms with Gasteiger partial charge in [-0.15, -0.1) is 0 Å². The minimum atomic E-state index is -3.83. The fourth-order valence-electron chi connectivity index (χ4n) is 2.19. The van der Waals surface area contributed by atoms with Gasteiger partial charge < -0.3 is 14.7 Å². The minimum absolute atomic E-state index is 0.112. The number of hydrogen-bond acceptors (Lipinski definition) is 4. The molecular weight excluding hydrogens is 244 g/mol. The first kappa shape index (κ1) is 15.3. The molecule has 1 N–H and O–H groups in total. The normalized spacial score (nSPS) is 20.7. The molecule has 0 bridgehead atoms. The van der Waals surface area contributed by atoms with Crippen molar-refractivity contribution < 1.29 is 23.4 Å². The molecule has 0 aromatic heterocycles. The number of halogens is 2. The van der Waals surface area contributed by atoms with Crippen LogP contribution in [-0.2, 0) is 9.53 Å². The number of ether oxygens (including phenoxy) is 1. The lowest BCUT2D eigenvalue weighted by molar-refractivity contribution is -0.223. The summed E-state index contributed by atoms with van der Waals surface area (Å²) >= 11 is 0. The highest BCUT2D eigenvalue weighted by Gasteiger charge is 2.60. The molecule has 1 fully saturated rings. The van der Waals surface area contributed by atoms with Gasteiger partial charge in [-0.2, -0.15) is 8.78 Å². The Bertz CT molecular complexity index is 289. The van der Waals surface area contributed by atoms with Gasteiger partial charge in [0.15, 0.2) is 0 Å². The van der Waals surface area contributed by atoms with Crippen LogP contribution in [0.3, 0.4) is 0 Å². The quantitative estimate of drug-likeness (QED) is 0.764. The molecule has 0 aromatic rings. The summed E-state index contributed by atoms with van der Waals surface area (Å²) in [5.74, 6) is -5.46. The van der Waals surface area contributed by atoms with Crippen LogP contribution < -0.4 is 0 Å². The van der Waals surface area contributed by atoms with Crippen LogP contribution in [0.2, 0.25) is 0 Å². The van der Waals surface area contributed by atoms with Crippen LogP contribution in [-0.4, -0.2) is 53.7 Å². The van der Waals surface area contributed by atoms with Gasteiger partial charge in [-0.3, -0.25) is 0 Å². The molecule has 1 aliphatic rings. The number of aliphatic hydroxyl groups is 1. The van der Waals surface area contributed by atoms with E-state index in [4.69, 9.17) is 0 Å². The first-order valence-corrected chi connectivity index (χ1v) is 6.37. The van der Waals surface area contributed by atoms with E-state index in [1.165, 1.54) is 6.92 Å². The molecule has 1 aliphatic heterocycles. The predicted molar refractivity (Wildman–Crippen MR) is 62.5 cm³/mol. The van der Waals surface area contributed by atoms with Crippen LogP contribution in [0.4, 0.5) is 8.78 Å². The minimum Gasteiger partial charge on any atom is -0.461 e. The van der Waals surface area contributed by atoms with Gasteiger partial charge in [0.1, 0.15) is 5.60 Å². The Kier molecular flexibility index (Phi) is 5.04. The Morgan fingerprint density at radius 2 is 1.94 bits per heavy atom. The maximum Gasteiger partial charge on any atom is 0.380 e. The van der Waals surface area contributed by atoms with Gasteiger partial charge in [0.2, 0.25) is 0 Å². The van der Waals surface area contributed by atoms with Gasteiger partial charge >= 0.3 is 11.9 Å². The van der Waals surface area contributed by atoms with Crippen molar-refractivity contribution in [2.75, 3.05) is 26.2 Å². The third-order valence-corrected chi connectivity index (χ3v) is 3.34. The van der Waals surface area contributed by atoms with Gasteiger partial charge in [0, 0.05) is 13.1 Å². The SMILES string of the molecule is CCCN1CCC(O)(C(F)(F)C(=O)OCC)CC1. The number of piperidine rings is 1. The fraction of sp³-hybridized carbons (Fsp3) is 0.917. The first-order chi connectivity index (χ1) is 8.37. The van der Waals surface area contributed by atoms with E-state index in [9.17, 15) is 18.7 Å². The van der Waals surface area contributed by atoms with E-state index in [0.717, 1.165) is 13.0 Å². The summed E-state index contributed by atoms with van der Waals surface area (Å²) < 4.78 is 32.0. The molecule has 0 atom stereocenters. The van der Waals surface area contributed by atoms with Crippen molar-refractivity contribution in [2.45, 2.75) is 44.6 Å². The molecule has 0 saturated carbocycles. The Morgan fingerprint density at radius 3 is 2.39 bits per heavy atom. The number of rotatable bonds is 5. The summed E-state index contributed by atoms with van der Waals surface area (Å²) in [7, 11) is 0. The lowest BCUT2D eigenvalue weighted by Crippen LogP contribution is -2.59. The number of carbonyl (C=O) groups excluding carboxylic acids is 1. The van der Waals surface area contributed by atoms with Crippen molar-refractivity contribution in [3.63, 3.8) is 0 Å². The Hall–Kier alpha value is -0.750. The second-order valence-electron chi connectivity index (χ2n) is 4.67. The maximum absolute atomic E-state index is 13.8. The van der Waals surface area contributed by atoms with E-state index >= 15 is 0 Å². The number of carbonyl (C=O) groups is 1. The molecule has 106 valence electrons. The second-order valence-corrected chi connectivity index (χ2v) is 4.67. The van der Waals surface area contributed by atoms with Crippen molar-refractivity contribution in [1.29, 1.82) is 0 Å². The zero-order chi connectivity index (χ0) is 13.8. The van der Waals surface area contributed by atoms with Crippen molar-refractivity contribution in [3.8, 4) is 0 Å². The molecule has 0 amide bonds. The monoisotopic (exact) mass is 265 g/mol. The molecule has 0 aliphatic carbocycles. The molecule has 0 unspecified atom stereocenters. The van der Waals surface area contributed by atoms with Crippen molar-refractivity contribution >= 4 is 5.97 Å². The Balaban J connectivity index is 2.67. The molecule has 1 saturated heterocycles. The average Bonchev–Trinajstić information content (AvgIpc) is 2.32. The lowest BCUT2D eigenvalue weighted by atomic mass is 9.85. The Morgan fingerprint density at radius 1 is 1.39 bits per heavy atom. The molecule has 1 heterocycles. The highest BCUT2D eigenvalue weighted by Crippen LogP contribution is 2.38. The largest absolute Gasteiger partial charge is 0.461 e. The smallest absolute Gasteiger partial charge is 0.380 e. The standard InChI is InChI=1S/C12H21F2NO3/c1-3-7-15-8-5-11(17,6-9-15)12(13,14)10(16)18-4-2/h17H,3-9H2,1-2H3. The van der Waals surface area contributed by atoms with Crippen LogP contribution in [0, 0.1) is 0 Å².